The van der Waals surface area contributed by atoms with E-state index >= 15 is 0 Å². The normalized spacial score (nSPS) is 12.6. The van der Waals surface area contributed by atoms with E-state index in [1.165, 1.54) is 12.5 Å². The Bertz CT molecular complexity index is 1240. The zero-order chi connectivity index (χ0) is 25.3. The lowest BCUT2D eigenvalue weighted by atomic mass is 9.95. The van der Waals surface area contributed by atoms with Crippen LogP contribution in [0.1, 0.15) is 66.4 Å². The summed E-state index contributed by atoms with van der Waals surface area (Å²) in [6, 6.07) is 23.7. The van der Waals surface area contributed by atoms with Crippen LogP contribution in [0.3, 0.4) is 0 Å². The van der Waals surface area contributed by atoms with Crippen LogP contribution in [0.5, 0.6) is 11.5 Å². The van der Waals surface area contributed by atoms with Crippen molar-refractivity contribution in [3.05, 3.63) is 113 Å². The fraction of sp³-hybridized carbons (Fsp3) is 0.267. The number of rotatable bonds is 12. The fourth-order valence-electron chi connectivity index (χ4n) is 4.11. The topological polar surface area (TPSA) is 81.8 Å². The molecule has 1 heterocycles. The van der Waals surface area contributed by atoms with E-state index in [-0.39, 0.29) is 12.5 Å². The molecule has 0 spiro atoms. The van der Waals surface area contributed by atoms with Gasteiger partial charge in [-0.3, -0.25) is 4.79 Å². The average Bonchev–Trinajstić information content (AvgIpc) is 3.43. The Morgan fingerprint density at radius 3 is 2.47 bits per heavy atom. The molecule has 6 nitrogen and oxygen atoms in total. The molecule has 0 aliphatic carbocycles. The molecular weight excluding hydrogens is 454 g/mol. The summed E-state index contributed by atoms with van der Waals surface area (Å²) in [6.45, 7) is 4.85. The van der Waals surface area contributed by atoms with Gasteiger partial charge in [-0.15, -0.1) is 0 Å². The number of aryl methyl sites for hydroxylation is 1. The first-order valence-electron chi connectivity index (χ1n) is 12.2. The highest BCUT2D eigenvalue weighted by Gasteiger charge is 2.24. The fourth-order valence-corrected chi connectivity index (χ4v) is 4.11. The molecular formula is C30H31NO5. The number of unbranched alkanes of at least 4 members (excludes halogenated alkanes) is 1. The van der Waals surface area contributed by atoms with Gasteiger partial charge in [0.05, 0.1) is 25.1 Å². The molecule has 2 unspecified atom stereocenters. The van der Waals surface area contributed by atoms with Crippen LogP contribution >= 0.6 is 0 Å². The maximum absolute atomic E-state index is 11.5. The molecule has 0 radical (unpaired) electrons. The van der Waals surface area contributed by atoms with Gasteiger partial charge in [-0.25, -0.2) is 4.98 Å². The van der Waals surface area contributed by atoms with Crippen molar-refractivity contribution < 1.29 is 23.8 Å². The van der Waals surface area contributed by atoms with Crippen LogP contribution < -0.4 is 9.47 Å². The van der Waals surface area contributed by atoms with Crippen LogP contribution in [0.15, 0.2) is 89.7 Å². The first-order chi connectivity index (χ1) is 17.5. The zero-order valence-corrected chi connectivity index (χ0v) is 20.6. The van der Waals surface area contributed by atoms with Crippen molar-refractivity contribution in [2.45, 2.75) is 45.1 Å². The van der Waals surface area contributed by atoms with Gasteiger partial charge < -0.3 is 19.0 Å². The van der Waals surface area contributed by atoms with Gasteiger partial charge >= 0.3 is 5.97 Å². The van der Waals surface area contributed by atoms with E-state index in [1.54, 1.807) is 0 Å². The first-order valence-corrected chi connectivity index (χ1v) is 12.2. The number of aliphatic carboxylic acids is 1. The number of nitrogens with zero attached hydrogens (tertiary/aromatic N) is 1. The summed E-state index contributed by atoms with van der Waals surface area (Å²) in [6.07, 6.45) is 4.52. The van der Waals surface area contributed by atoms with Crippen LogP contribution in [-0.2, 0) is 4.79 Å². The molecule has 1 N–H and O–H groups in total. The Morgan fingerprint density at radius 1 is 1.03 bits per heavy atom. The SMILES string of the molecule is CCCCOc1ccc(C)cc1C(Oc1ccc(C(CC(=O)O)c2ncco2)cc1)c1ccccc1. The number of carbonyl (C=O) groups is 1. The Morgan fingerprint density at radius 2 is 1.81 bits per heavy atom. The summed E-state index contributed by atoms with van der Waals surface area (Å²) in [7, 11) is 0. The van der Waals surface area contributed by atoms with E-state index in [4.69, 9.17) is 13.9 Å². The highest BCUT2D eigenvalue weighted by molar-refractivity contribution is 5.68. The first kappa shape index (κ1) is 25.0. The van der Waals surface area contributed by atoms with Gasteiger partial charge in [-0.1, -0.05) is 67.4 Å². The van der Waals surface area contributed by atoms with Crippen molar-refractivity contribution in [3.8, 4) is 11.5 Å². The molecule has 4 rings (SSSR count). The van der Waals surface area contributed by atoms with Crippen LogP contribution in [0.4, 0.5) is 0 Å². The summed E-state index contributed by atoms with van der Waals surface area (Å²) in [5.41, 5.74) is 3.89. The van der Waals surface area contributed by atoms with Crippen molar-refractivity contribution in [1.82, 2.24) is 4.98 Å². The number of hydrogen-bond donors (Lipinski definition) is 1. The monoisotopic (exact) mass is 485 g/mol. The van der Waals surface area contributed by atoms with Crippen LogP contribution in [-0.4, -0.2) is 22.7 Å². The lowest BCUT2D eigenvalue weighted by Gasteiger charge is -2.23. The number of carboxylic acids is 1. The maximum atomic E-state index is 11.5. The number of hydrogen-bond acceptors (Lipinski definition) is 5. The van der Waals surface area contributed by atoms with Crippen molar-refractivity contribution in [1.29, 1.82) is 0 Å². The third-order valence-corrected chi connectivity index (χ3v) is 5.97. The van der Waals surface area contributed by atoms with Crippen molar-refractivity contribution in [2.75, 3.05) is 6.61 Å². The lowest BCUT2D eigenvalue weighted by Crippen LogP contribution is -2.12. The molecule has 0 bridgehead atoms. The van der Waals surface area contributed by atoms with Crippen LogP contribution in [0.25, 0.3) is 0 Å². The quantitative estimate of drug-likeness (QED) is 0.219. The molecule has 0 fully saturated rings. The number of ether oxygens (including phenoxy) is 2. The minimum atomic E-state index is -0.919. The predicted molar refractivity (Wildman–Crippen MR) is 138 cm³/mol. The maximum Gasteiger partial charge on any atom is 0.304 e. The van der Waals surface area contributed by atoms with Gasteiger partial charge in [-0.05, 0) is 48.7 Å². The standard InChI is InChI=1S/C30H31NO5/c1-3-4-17-34-27-15-10-21(2)19-26(27)29(23-8-6-5-7-9-23)36-24-13-11-22(12-14-24)25(20-28(32)33)30-31-16-18-35-30/h5-16,18-19,25,29H,3-4,17,20H2,1-2H3,(H,32,33). The Hall–Kier alpha value is -4.06. The highest BCUT2D eigenvalue weighted by atomic mass is 16.5. The van der Waals surface area contributed by atoms with Crippen LogP contribution in [0, 0.1) is 6.92 Å². The van der Waals surface area contributed by atoms with Gasteiger partial charge in [0.15, 0.2) is 6.10 Å². The summed E-state index contributed by atoms with van der Waals surface area (Å²) in [5, 5.41) is 9.39. The van der Waals surface area contributed by atoms with Gasteiger partial charge in [-0.2, -0.15) is 0 Å². The van der Waals surface area contributed by atoms with E-state index in [9.17, 15) is 9.90 Å². The molecule has 0 saturated carbocycles. The van der Waals surface area contributed by atoms with E-state index < -0.39 is 11.9 Å². The Labute approximate surface area is 211 Å². The molecule has 0 amide bonds. The molecule has 4 aromatic rings. The van der Waals surface area contributed by atoms with E-state index in [0.717, 1.165) is 40.8 Å². The molecule has 1 aromatic heterocycles. The summed E-state index contributed by atoms with van der Waals surface area (Å²) in [5.74, 6) is 0.450. The lowest BCUT2D eigenvalue weighted by molar-refractivity contribution is -0.137. The third kappa shape index (κ3) is 6.33. The molecule has 186 valence electrons. The van der Waals surface area contributed by atoms with Gasteiger partial charge in [0, 0.05) is 5.56 Å². The second-order valence-corrected chi connectivity index (χ2v) is 8.74. The Kier molecular flexibility index (Phi) is 8.40. The molecule has 0 saturated heterocycles. The molecule has 0 aliphatic heterocycles. The number of aromatic nitrogens is 1. The van der Waals surface area contributed by atoms with Gasteiger partial charge in [0.1, 0.15) is 17.8 Å². The minimum Gasteiger partial charge on any atom is -0.493 e. The van der Waals surface area contributed by atoms with E-state index in [0.29, 0.717) is 18.2 Å². The minimum absolute atomic E-state index is 0.116. The number of carboxylic acid groups (broad SMARTS) is 1. The van der Waals surface area contributed by atoms with Crippen LogP contribution in [0.2, 0.25) is 0 Å². The second-order valence-electron chi connectivity index (χ2n) is 8.74. The van der Waals surface area contributed by atoms with Crippen molar-refractivity contribution >= 4 is 5.97 Å². The number of benzene rings is 3. The van der Waals surface area contributed by atoms with E-state index in [1.807, 2.05) is 66.7 Å². The molecule has 3 aromatic carbocycles. The smallest absolute Gasteiger partial charge is 0.304 e. The average molecular weight is 486 g/mol. The number of oxazole rings is 1. The van der Waals surface area contributed by atoms with Gasteiger partial charge in [0.25, 0.3) is 0 Å². The molecule has 36 heavy (non-hydrogen) atoms. The van der Waals surface area contributed by atoms with E-state index in [2.05, 4.69) is 24.9 Å². The summed E-state index contributed by atoms with van der Waals surface area (Å²) >= 11 is 0. The summed E-state index contributed by atoms with van der Waals surface area (Å²) in [4.78, 5) is 15.6. The van der Waals surface area contributed by atoms with Crippen molar-refractivity contribution in [3.63, 3.8) is 0 Å². The van der Waals surface area contributed by atoms with Gasteiger partial charge in [0.2, 0.25) is 5.89 Å². The molecule has 2 atom stereocenters. The third-order valence-electron chi connectivity index (χ3n) is 5.97. The Balaban J connectivity index is 1.65. The largest absolute Gasteiger partial charge is 0.493 e. The zero-order valence-electron chi connectivity index (χ0n) is 20.6. The summed E-state index contributed by atoms with van der Waals surface area (Å²) < 4.78 is 18.1. The molecule has 0 aliphatic rings. The molecule has 6 heteroatoms. The van der Waals surface area contributed by atoms with Crippen molar-refractivity contribution in [2.24, 2.45) is 0 Å². The second kappa shape index (κ2) is 12.1. The highest BCUT2D eigenvalue weighted by Crippen LogP contribution is 2.36. The predicted octanol–water partition coefficient (Wildman–Crippen LogP) is 6.94.